The van der Waals surface area contributed by atoms with Crippen molar-refractivity contribution in [1.82, 2.24) is 20.1 Å². The number of furan rings is 1. The molecule has 0 fully saturated rings. The Morgan fingerprint density at radius 3 is 3.00 bits per heavy atom. The smallest absolute Gasteiger partial charge is 0.320 e. The molecule has 8 heteroatoms. The van der Waals surface area contributed by atoms with Crippen LogP contribution < -0.4 is 10.6 Å². The van der Waals surface area contributed by atoms with E-state index in [1.54, 1.807) is 48.8 Å². The molecular formula is C16H17N5O3. The van der Waals surface area contributed by atoms with Crippen molar-refractivity contribution in [2.24, 2.45) is 0 Å². The van der Waals surface area contributed by atoms with Crippen LogP contribution in [0.25, 0.3) is 5.82 Å². The highest BCUT2D eigenvalue weighted by Crippen LogP contribution is 2.14. The zero-order valence-corrected chi connectivity index (χ0v) is 13.0. The molecule has 8 nitrogen and oxygen atoms in total. The lowest BCUT2D eigenvalue weighted by atomic mass is 10.2. The topological polar surface area (TPSA) is 94.2 Å². The molecule has 24 heavy (non-hydrogen) atoms. The second-order valence-corrected chi connectivity index (χ2v) is 4.98. The lowest BCUT2D eigenvalue weighted by Gasteiger charge is -2.15. The normalized spacial score (nSPS) is 11.9. The van der Waals surface area contributed by atoms with Crippen LogP contribution in [-0.2, 0) is 4.74 Å². The molecule has 0 saturated heterocycles. The number of nitrogens with zero attached hydrogens (tertiary/aromatic N) is 3. The summed E-state index contributed by atoms with van der Waals surface area (Å²) in [7, 11) is 1.56. The summed E-state index contributed by atoms with van der Waals surface area (Å²) in [5, 5.41) is 9.69. The van der Waals surface area contributed by atoms with Crippen LogP contribution in [-0.4, -0.2) is 34.5 Å². The fourth-order valence-electron chi connectivity index (χ4n) is 2.18. The predicted octanol–water partition coefficient (Wildman–Crippen LogP) is 2.37. The van der Waals surface area contributed by atoms with Crippen molar-refractivity contribution in [3.63, 3.8) is 0 Å². The van der Waals surface area contributed by atoms with Gasteiger partial charge in [0, 0.05) is 13.3 Å². The standard InChI is InChI=1S/C16H17N5O3/c1-23-11-13(14-5-4-8-24-14)20-16(22)19-12-9-18-21(10-12)15-6-2-3-7-17-15/h2-10,13H,11H2,1H3,(H2,19,20,22)/t13-/m0/s1. The molecular weight excluding hydrogens is 310 g/mol. The fourth-order valence-corrected chi connectivity index (χ4v) is 2.18. The van der Waals surface area contributed by atoms with Crippen LogP contribution in [0.2, 0.25) is 0 Å². The molecule has 0 radical (unpaired) electrons. The molecule has 0 bridgehead atoms. The number of nitrogens with one attached hydrogen (secondary N) is 2. The molecule has 3 heterocycles. The maximum atomic E-state index is 12.2. The third-order valence-electron chi connectivity index (χ3n) is 3.25. The monoisotopic (exact) mass is 327 g/mol. The minimum absolute atomic E-state index is 0.300. The van der Waals surface area contributed by atoms with Crippen molar-refractivity contribution in [2.45, 2.75) is 6.04 Å². The number of carbonyl (C=O) groups is 1. The molecule has 0 saturated carbocycles. The first-order valence-corrected chi connectivity index (χ1v) is 7.32. The zero-order chi connectivity index (χ0) is 16.8. The largest absolute Gasteiger partial charge is 0.467 e. The van der Waals surface area contributed by atoms with Crippen LogP contribution in [0.4, 0.5) is 10.5 Å². The van der Waals surface area contributed by atoms with Gasteiger partial charge in [-0.3, -0.25) is 0 Å². The number of hydrogen-bond donors (Lipinski definition) is 2. The van der Waals surface area contributed by atoms with Crippen molar-refractivity contribution >= 4 is 11.7 Å². The molecule has 0 aliphatic rings. The highest BCUT2D eigenvalue weighted by molar-refractivity contribution is 5.89. The minimum Gasteiger partial charge on any atom is -0.467 e. The number of ether oxygens (including phenoxy) is 1. The van der Waals surface area contributed by atoms with Crippen molar-refractivity contribution in [3.8, 4) is 5.82 Å². The number of hydrogen-bond acceptors (Lipinski definition) is 5. The quantitative estimate of drug-likeness (QED) is 0.725. The van der Waals surface area contributed by atoms with Gasteiger partial charge in [0.1, 0.15) is 11.8 Å². The third kappa shape index (κ3) is 3.79. The molecule has 2 amide bonds. The first kappa shape index (κ1) is 15.8. The molecule has 0 spiro atoms. The van der Waals surface area contributed by atoms with E-state index < -0.39 is 0 Å². The molecule has 3 aromatic heterocycles. The summed E-state index contributed by atoms with van der Waals surface area (Å²) in [5.41, 5.74) is 0.550. The Kier molecular flexibility index (Phi) is 4.87. The molecule has 1 atom stereocenters. The van der Waals surface area contributed by atoms with Crippen molar-refractivity contribution in [2.75, 3.05) is 19.0 Å². The molecule has 0 aliphatic heterocycles. The Balaban J connectivity index is 1.63. The van der Waals surface area contributed by atoms with Crippen LogP contribution in [0.1, 0.15) is 11.8 Å². The summed E-state index contributed by atoms with van der Waals surface area (Å²) in [4.78, 5) is 16.4. The lowest BCUT2D eigenvalue weighted by molar-refractivity contribution is 0.159. The number of methoxy groups -OCH3 is 1. The fraction of sp³-hybridized carbons (Fsp3) is 0.188. The van der Waals surface area contributed by atoms with Gasteiger partial charge in [-0.15, -0.1) is 0 Å². The Bertz CT molecular complexity index is 770. The van der Waals surface area contributed by atoms with Crippen molar-refractivity contribution in [3.05, 3.63) is 60.9 Å². The van der Waals surface area contributed by atoms with Gasteiger partial charge in [-0.25, -0.2) is 14.5 Å². The lowest BCUT2D eigenvalue weighted by Crippen LogP contribution is -2.34. The number of anilines is 1. The van der Waals surface area contributed by atoms with Gasteiger partial charge >= 0.3 is 6.03 Å². The van der Waals surface area contributed by atoms with E-state index in [0.717, 1.165) is 0 Å². The molecule has 3 rings (SSSR count). The van der Waals surface area contributed by atoms with Gasteiger partial charge in [0.25, 0.3) is 0 Å². The average molecular weight is 327 g/mol. The summed E-state index contributed by atoms with van der Waals surface area (Å²) in [5.74, 6) is 1.29. The van der Waals surface area contributed by atoms with E-state index in [2.05, 4.69) is 20.7 Å². The summed E-state index contributed by atoms with van der Waals surface area (Å²) >= 11 is 0. The minimum atomic E-state index is -0.381. The van der Waals surface area contributed by atoms with Crippen LogP contribution >= 0.6 is 0 Å². The summed E-state index contributed by atoms with van der Waals surface area (Å²) in [6.07, 6.45) is 6.45. The highest BCUT2D eigenvalue weighted by atomic mass is 16.5. The van der Waals surface area contributed by atoms with Gasteiger partial charge in [0.2, 0.25) is 0 Å². The van der Waals surface area contributed by atoms with E-state index in [1.165, 1.54) is 0 Å². The first-order valence-electron chi connectivity index (χ1n) is 7.32. The van der Waals surface area contributed by atoms with Gasteiger partial charge in [-0.2, -0.15) is 5.10 Å². The summed E-state index contributed by atoms with van der Waals surface area (Å²) in [6.45, 7) is 0.300. The summed E-state index contributed by atoms with van der Waals surface area (Å²) in [6, 6.07) is 8.29. The molecule has 3 aromatic rings. The molecule has 124 valence electrons. The van der Waals surface area contributed by atoms with Crippen LogP contribution in [0.3, 0.4) is 0 Å². The predicted molar refractivity (Wildman–Crippen MR) is 86.8 cm³/mol. The van der Waals surface area contributed by atoms with Crippen molar-refractivity contribution in [1.29, 1.82) is 0 Å². The van der Waals surface area contributed by atoms with E-state index in [4.69, 9.17) is 9.15 Å². The highest BCUT2D eigenvalue weighted by Gasteiger charge is 2.17. The number of carbonyl (C=O) groups excluding carboxylic acids is 1. The number of urea groups is 1. The van der Waals surface area contributed by atoms with E-state index in [1.807, 2.05) is 18.2 Å². The number of pyridine rings is 1. The van der Waals surface area contributed by atoms with Gasteiger partial charge in [-0.1, -0.05) is 6.07 Å². The van der Waals surface area contributed by atoms with Gasteiger partial charge < -0.3 is 19.8 Å². The maximum Gasteiger partial charge on any atom is 0.320 e. The van der Waals surface area contributed by atoms with E-state index in [9.17, 15) is 4.79 Å². The molecule has 0 aliphatic carbocycles. The summed E-state index contributed by atoms with van der Waals surface area (Å²) < 4.78 is 12.0. The van der Waals surface area contributed by atoms with Crippen molar-refractivity contribution < 1.29 is 13.9 Å². The Labute approximate surface area is 138 Å². The van der Waals surface area contributed by atoms with E-state index >= 15 is 0 Å². The Hall–Kier alpha value is -3.13. The molecule has 2 N–H and O–H groups in total. The maximum absolute atomic E-state index is 12.2. The first-order chi connectivity index (χ1) is 11.8. The number of aromatic nitrogens is 3. The van der Waals surface area contributed by atoms with Crippen LogP contribution in [0.15, 0.2) is 59.6 Å². The van der Waals surface area contributed by atoms with Gasteiger partial charge in [0.15, 0.2) is 5.82 Å². The number of amides is 2. The average Bonchev–Trinajstić information content (AvgIpc) is 3.27. The number of rotatable bonds is 6. The van der Waals surface area contributed by atoms with E-state index in [0.29, 0.717) is 23.9 Å². The second-order valence-electron chi connectivity index (χ2n) is 4.98. The third-order valence-corrected chi connectivity index (χ3v) is 3.25. The van der Waals surface area contributed by atoms with Gasteiger partial charge in [-0.05, 0) is 24.3 Å². The second kappa shape index (κ2) is 7.42. The van der Waals surface area contributed by atoms with Gasteiger partial charge in [0.05, 0.1) is 31.0 Å². The van der Waals surface area contributed by atoms with Crippen LogP contribution in [0.5, 0.6) is 0 Å². The Morgan fingerprint density at radius 1 is 1.38 bits per heavy atom. The molecule has 0 unspecified atom stereocenters. The zero-order valence-electron chi connectivity index (χ0n) is 13.0. The SMILES string of the molecule is COC[C@H](NC(=O)Nc1cnn(-c2ccccn2)c1)c1ccco1. The molecule has 0 aromatic carbocycles. The Morgan fingerprint density at radius 2 is 2.29 bits per heavy atom. The van der Waals surface area contributed by atoms with Crippen LogP contribution in [0, 0.1) is 0 Å². The van der Waals surface area contributed by atoms with E-state index in [-0.39, 0.29) is 12.1 Å².